The molecule has 7 heteroatoms. The molecular formula is C22H24N2O2S3. The van der Waals surface area contributed by atoms with Crippen molar-refractivity contribution in [1.29, 1.82) is 0 Å². The van der Waals surface area contributed by atoms with Crippen LogP contribution in [-0.4, -0.2) is 35.4 Å². The smallest absolute Gasteiger partial charge is 0.230 e. The first-order valence-corrected chi connectivity index (χ1v) is 12.6. The number of amides is 2. The zero-order valence-corrected chi connectivity index (χ0v) is 18.5. The molecule has 2 amide bonds. The molecule has 0 radical (unpaired) electrons. The number of carbonyl (C=O) groups excluding carboxylic acids is 2. The number of benzene rings is 2. The van der Waals surface area contributed by atoms with Crippen molar-refractivity contribution >= 4 is 47.1 Å². The lowest BCUT2D eigenvalue weighted by molar-refractivity contribution is -0.119. The maximum atomic E-state index is 11.8. The van der Waals surface area contributed by atoms with Gasteiger partial charge in [-0.3, -0.25) is 9.59 Å². The van der Waals surface area contributed by atoms with E-state index in [-0.39, 0.29) is 11.8 Å². The van der Waals surface area contributed by atoms with Crippen molar-refractivity contribution in [3.63, 3.8) is 0 Å². The SMILES string of the molecule is O=C(CSc1ccc(Sc2ccc(SCC(=O)NC3CC3)cc2)cc1)NC1CC1. The summed E-state index contributed by atoms with van der Waals surface area (Å²) in [7, 11) is 0. The molecule has 0 spiro atoms. The van der Waals surface area contributed by atoms with Crippen molar-refractivity contribution in [2.45, 2.75) is 57.3 Å². The van der Waals surface area contributed by atoms with Crippen LogP contribution in [0.5, 0.6) is 0 Å². The second-order valence-corrected chi connectivity index (χ2v) is 10.6. The second-order valence-electron chi connectivity index (χ2n) is 7.31. The molecule has 2 aromatic carbocycles. The average molecular weight is 445 g/mol. The molecule has 0 atom stereocenters. The summed E-state index contributed by atoms with van der Waals surface area (Å²) in [4.78, 5) is 28.1. The van der Waals surface area contributed by atoms with E-state index in [9.17, 15) is 9.59 Å². The Bertz CT molecular complexity index is 776. The molecule has 2 saturated carbocycles. The van der Waals surface area contributed by atoms with Crippen molar-refractivity contribution in [2.75, 3.05) is 11.5 Å². The van der Waals surface area contributed by atoms with Gasteiger partial charge in [-0.15, -0.1) is 23.5 Å². The Morgan fingerprint density at radius 2 is 1.00 bits per heavy atom. The summed E-state index contributed by atoms with van der Waals surface area (Å²) < 4.78 is 0. The third kappa shape index (κ3) is 7.32. The third-order valence-electron chi connectivity index (χ3n) is 4.51. The first-order valence-electron chi connectivity index (χ1n) is 9.86. The van der Waals surface area contributed by atoms with E-state index in [0.717, 1.165) is 35.5 Å². The van der Waals surface area contributed by atoms with E-state index in [1.54, 1.807) is 35.3 Å². The molecule has 0 heterocycles. The average Bonchev–Trinajstić information content (AvgIpc) is 3.65. The first kappa shape index (κ1) is 20.7. The van der Waals surface area contributed by atoms with Gasteiger partial charge in [0.15, 0.2) is 0 Å². The minimum absolute atomic E-state index is 0.124. The normalized spacial score (nSPS) is 15.7. The topological polar surface area (TPSA) is 58.2 Å². The Balaban J connectivity index is 1.20. The molecule has 2 aliphatic rings. The van der Waals surface area contributed by atoms with Gasteiger partial charge in [0.25, 0.3) is 0 Å². The van der Waals surface area contributed by atoms with Crippen molar-refractivity contribution in [1.82, 2.24) is 10.6 Å². The van der Waals surface area contributed by atoms with E-state index in [1.807, 2.05) is 0 Å². The van der Waals surface area contributed by atoms with Crippen LogP contribution in [0.3, 0.4) is 0 Å². The molecule has 0 unspecified atom stereocenters. The Hall–Kier alpha value is -1.57. The molecule has 4 rings (SSSR count). The highest BCUT2D eigenvalue weighted by atomic mass is 32.2. The molecule has 2 aliphatic carbocycles. The summed E-state index contributed by atoms with van der Waals surface area (Å²) in [6.07, 6.45) is 4.49. The van der Waals surface area contributed by atoms with Crippen LogP contribution in [0, 0.1) is 0 Å². The molecule has 152 valence electrons. The highest BCUT2D eigenvalue weighted by molar-refractivity contribution is 8.00. The van der Waals surface area contributed by atoms with Gasteiger partial charge in [-0.05, 0) is 74.2 Å². The van der Waals surface area contributed by atoms with Gasteiger partial charge in [0.2, 0.25) is 11.8 Å². The van der Waals surface area contributed by atoms with Gasteiger partial charge in [-0.2, -0.15) is 0 Å². The maximum Gasteiger partial charge on any atom is 0.230 e. The zero-order valence-electron chi connectivity index (χ0n) is 16.1. The quantitative estimate of drug-likeness (QED) is 0.526. The summed E-state index contributed by atoms with van der Waals surface area (Å²) in [6, 6.07) is 17.5. The number of rotatable bonds is 10. The van der Waals surface area contributed by atoms with Crippen molar-refractivity contribution in [3.05, 3.63) is 48.5 Å². The fourth-order valence-corrected chi connectivity index (χ4v) is 4.87. The summed E-state index contributed by atoms with van der Waals surface area (Å²) in [5, 5.41) is 6.02. The predicted octanol–water partition coefficient (Wildman–Crippen LogP) is 4.58. The molecule has 2 aromatic rings. The zero-order chi connectivity index (χ0) is 20.1. The molecule has 0 aromatic heterocycles. The minimum atomic E-state index is 0.124. The molecule has 4 nitrogen and oxygen atoms in total. The fraction of sp³-hybridized carbons (Fsp3) is 0.364. The molecule has 2 N–H and O–H groups in total. The van der Waals surface area contributed by atoms with Crippen LogP contribution in [0.1, 0.15) is 25.7 Å². The van der Waals surface area contributed by atoms with Gasteiger partial charge in [0.1, 0.15) is 0 Å². The Morgan fingerprint density at radius 3 is 1.34 bits per heavy atom. The lowest BCUT2D eigenvalue weighted by Crippen LogP contribution is -2.26. The third-order valence-corrected chi connectivity index (χ3v) is 7.55. The van der Waals surface area contributed by atoms with Gasteiger partial charge >= 0.3 is 0 Å². The van der Waals surface area contributed by atoms with Crippen LogP contribution >= 0.6 is 35.3 Å². The number of hydrogen-bond donors (Lipinski definition) is 2. The largest absolute Gasteiger partial charge is 0.353 e. The molecule has 2 fully saturated rings. The van der Waals surface area contributed by atoms with E-state index >= 15 is 0 Å². The van der Waals surface area contributed by atoms with E-state index in [2.05, 4.69) is 59.2 Å². The van der Waals surface area contributed by atoms with Crippen LogP contribution in [0.2, 0.25) is 0 Å². The first-order chi connectivity index (χ1) is 14.1. The molecular weight excluding hydrogens is 420 g/mol. The van der Waals surface area contributed by atoms with Crippen molar-refractivity contribution in [2.24, 2.45) is 0 Å². The lowest BCUT2D eigenvalue weighted by Gasteiger charge is -2.06. The Morgan fingerprint density at radius 1 is 0.655 bits per heavy atom. The van der Waals surface area contributed by atoms with Gasteiger partial charge in [0, 0.05) is 31.7 Å². The monoisotopic (exact) mass is 444 g/mol. The van der Waals surface area contributed by atoms with Crippen molar-refractivity contribution < 1.29 is 9.59 Å². The number of carbonyl (C=O) groups is 2. The predicted molar refractivity (Wildman–Crippen MR) is 121 cm³/mol. The van der Waals surface area contributed by atoms with Crippen LogP contribution in [0.25, 0.3) is 0 Å². The summed E-state index contributed by atoms with van der Waals surface area (Å²) in [5.41, 5.74) is 0. The number of hydrogen-bond acceptors (Lipinski definition) is 5. The van der Waals surface area contributed by atoms with Gasteiger partial charge in [0.05, 0.1) is 11.5 Å². The molecule has 0 saturated heterocycles. The number of nitrogens with one attached hydrogen (secondary N) is 2. The van der Waals surface area contributed by atoms with E-state index in [0.29, 0.717) is 23.6 Å². The molecule has 0 bridgehead atoms. The summed E-state index contributed by atoms with van der Waals surface area (Å²) in [6.45, 7) is 0. The molecule has 29 heavy (non-hydrogen) atoms. The molecule has 0 aliphatic heterocycles. The highest BCUT2D eigenvalue weighted by Gasteiger charge is 2.23. The van der Waals surface area contributed by atoms with Gasteiger partial charge in [-0.25, -0.2) is 0 Å². The lowest BCUT2D eigenvalue weighted by atomic mass is 10.4. The summed E-state index contributed by atoms with van der Waals surface area (Å²) >= 11 is 4.86. The Labute approximate surface area is 184 Å². The van der Waals surface area contributed by atoms with Crippen LogP contribution in [-0.2, 0) is 9.59 Å². The van der Waals surface area contributed by atoms with Crippen LogP contribution < -0.4 is 10.6 Å². The van der Waals surface area contributed by atoms with E-state index < -0.39 is 0 Å². The summed E-state index contributed by atoms with van der Waals surface area (Å²) in [5.74, 6) is 1.19. The fourth-order valence-electron chi connectivity index (χ4n) is 2.64. The minimum Gasteiger partial charge on any atom is -0.353 e. The van der Waals surface area contributed by atoms with Crippen LogP contribution in [0.4, 0.5) is 0 Å². The Kier molecular flexibility index (Phi) is 7.11. The maximum absolute atomic E-state index is 11.8. The highest BCUT2D eigenvalue weighted by Crippen LogP contribution is 2.31. The van der Waals surface area contributed by atoms with E-state index in [4.69, 9.17) is 0 Å². The number of thioether (sulfide) groups is 2. The van der Waals surface area contributed by atoms with Crippen LogP contribution in [0.15, 0.2) is 68.1 Å². The standard InChI is InChI=1S/C22H24N2O2S3/c25-21(23-15-1-2-15)13-27-17-5-9-19(10-6-17)29-20-11-7-18(8-12-20)28-14-22(26)24-16-3-4-16/h5-12,15-16H,1-4,13-14H2,(H,23,25)(H,24,26). The van der Waals surface area contributed by atoms with Gasteiger partial charge in [-0.1, -0.05) is 11.8 Å². The van der Waals surface area contributed by atoms with Gasteiger partial charge < -0.3 is 10.6 Å². The second kappa shape index (κ2) is 9.96. The van der Waals surface area contributed by atoms with Crippen molar-refractivity contribution in [3.8, 4) is 0 Å². The van der Waals surface area contributed by atoms with E-state index in [1.165, 1.54) is 9.79 Å².